The van der Waals surface area contributed by atoms with E-state index < -0.39 is 11.7 Å². The molecule has 0 radical (unpaired) electrons. The van der Waals surface area contributed by atoms with Crippen molar-refractivity contribution < 1.29 is 14.3 Å². The summed E-state index contributed by atoms with van der Waals surface area (Å²) < 4.78 is 13.2. The highest BCUT2D eigenvalue weighted by atomic mass is 35.5. The van der Waals surface area contributed by atoms with Gasteiger partial charge in [-0.15, -0.1) is 11.6 Å². The standard InChI is InChI=1S/C14H17ClFNO2/c1-17(12-5-3-2-4-11(12)15)14(19)10-8-9(16)6-7-13(10)18/h6-8,11-12,18H,2-5H2,1H3. The zero-order chi connectivity index (χ0) is 14.0. The van der Waals surface area contributed by atoms with Gasteiger partial charge in [-0.2, -0.15) is 0 Å². The summed E-state index contributed by atoms with van der Waals surface area (Å²) in [6.45, 7) is 0. The molecule has 1 aromatic rings. The molecule has 2 rings (SSSR count). The van der Waals surface area contributed by atoms with Crippen LogP contribution in [0.25, 0.3) is 0 Å². The van der Waals surface area contributed by atoms with E-state index in [2.05, 4.69) is 0 Å². The van der Waals surface area contributed by atoms with Crippen LogP contribution >= 0.6 is 11.6 Å². The number of amides is 1. The number of hydrogen-bond acceptors (Lipinski definition) is 2. The molecule has 19 heavy (non-hydrogen) atoms. The molecule has 104 valence electrons. The molecule has 1 aliphatic rings. The first-order chi connectivity index (χ1) is 9.00. The first-order valence-electron chi connectivity index (χ1n) is 6.40. The minimum Gasteiger partial charge on any atom is -0.507 e. The van der Waals surface area contributed by atoms with E-state index in [9.17, 15) is 14.3 Å². The second-order valence-corrected chi connectivity index (χ2v) is 5.51. The van der Waals surface area contributed by atoms with Crippen molar-refractivity contribution >= 4 is 17.5 Å². The molecule has 0 heterocycles. The highest BCUT2D eigenvalue weighted by Gasteiger charge is 2.30. The Morgan fingerprint density at radius 1 is 1.42 bits per heavy atom. The van der Waals surface area contributed by atoms with Gasteiger partial charge in [-0.25, -0.2) is 4.39 Å². The normalized spacial score (nSPS) is 23.1. The molecule has 1 aromatic carbocycles. The lowest BCUT2D eigenvalue weighted by Crippen LogP contribution is -2.44. The van der Waals surface area contributed by atoms with Crippen molar-refractivity contribution in [2.24, 2.45) is 0 Å². The number of nitrogens with zero attached hydrogens (tertiary/aromatic N) is 1. The van der Waals surface area contributed by atoms with E-state index >= 15 is 0 Å². The van der Waals surface area contributed by atoms with Crippen LogP contribution in [0.2, 0.25) is 0 Å². The highest BCUT2D eigenvalue weighted by Crippen LogP contribution is 2.29. The van der Waals surface area contributed by atoms with Crippen LogP contribution in [-0.4, -0.2) is 34.4 Å². The van der Waals surface area contributed by atoms with Gasteiger partial charge in [0.05, 0.1) is 10.9 Å². The first-order valence-corrected chi connectivity index (χ1v) is 6.84. The average molecular weight is 286 g/mol. The summed E-state index contributed by atoms with van der Waals surface area (Å²) in [5, 5.41) is 9.59. The Morgan fingerprint density at radius 3 is 2.79 bits per heavy atom. The number of halogens is 2. The number of benzene rings is 1. The number of phenolic OH excluding ortho intramolecular Hbond substituents is 1. The predicted octanol–water partition coefficient (Wildman–Crippen LogP) is 3.15. The zero-order valence-electron chi connectivity index (χ0n) is 10.8. The lowest BCUT2D eigenvalue weighted by molar-refractivity contribution is 0.0697. The number of alkyl halides is 1. The molecule has 1 saturated carbocycles. The maximum Gasteiger partial charge on any atom is 0.257 e. The number of phenols is 1. The molecule has 3 nitrogen and oxygen atoms in total. The minimum atomic E-state index is -0.541. The van der Waals surface area contributed by atoms with Crippen LogP contribution in [0.4, 0.5) is 4.39 Å². The molecule has 0 bridgehead atoms. The van der Waals surface area contributed by atoms with Gasteiger partial charge in [0.1, 0.15) is 11.6 Å². The van der Waals surface area contributed by atoms with Crippen LogP contribution in [0.5, 0.6) is 5.75 Å². The monoisotopic (exact) mass is 285 g/mol. The fourth-order valence-electron chi connectivity index (χ4n) is 2.52. The Kier molecular flexibility index (Phi) is 4.30. The summed E-state index contributed by atoms with van der Waals surface area (Å²) >= 11 is 6.25. The van der Waals surface area contributed by atoms with Crippen molar-refractivity contribution in [1.29, 1.82) is 0 Å². The summed E-state index contributed by atoms with van der Waals surface area (Å²) in [6, 6.07) is 3.30. The van der Waals surface area contributed by atoms with Gasteiger partial charge >= 0.3 is 0 Å². The smallest absolute Gasteiger partial charge is 0.257 e. The third kappa shape index (κ3) is 3.00. The Balaban J connectivity index is 2.20. The van der Waals surface area contributed by atoms with Crippen LogP contribution in [0.1, 0.15) is 36.0 Å². The maximum atomic E-state index is 13.2. The molecule has 0 spiro atoms. The molecule has 1 N–H and O–H groups in total. The van der Waals surface area contributed by atoms with Gasteiger partial charge in [0, 0.05) is 13.1 Å². The minimum absolute atomic E-state index is 0.0167. The molecule has 1 fully saturated rings. The molecule has 1 amide bonds. The van der Waals surface area contributed by atoms with Gasteiger partial charge in [0.2, 0.25) is 0 Å². The summed E-state index contributed by atoms with van der Waals surface area (Å²) in [5.74, 6) is -1.14. The van der Waals surface area contributed by atoms with Gasteiger partial charge in [0.15, 0.2) is 0 Å². The zero-order valence-corrected chi connectivity index (χ0v) is 11.5. The summed E-state index contributed by atoms with van der Waals surface area (Å²) in [6.07, 6.45) is 3.81. The fourth-order valence-corrected chi connectivity index (χ4v) is 2.97. The van der Waals surface area contributed by atoms with Crippen molar-refractivity contribution in [3.05, 3.63) is 29.6 Å². The lowest BCUT2D eigenvalue weighted by Gasteiger charge is -2.35. The summed E-state index contributed by atoms with van der Waals surface area (Å²) in [7, 11) is 1.65. The van der Waals surface area contributed by atoms with Crippen LogP contribution in [0, 0.1) is 5.82 Å². The van der Waals surface area contributed by atoms with Crippen molar-refractivity contribution in [1.82, 2.24) is 4.90 Å². The SMILES string of the molecule is CN(C(=O)c1cc(F)ccc1O)C1CCCCC1Cl. The molecule has 5 heteroatoms. The second-order valence-electron chi connectivity index (χ2n) is 4.95. The Hall–Kier alpha value is -1.29. The second kappa shape index (κ2) is 5.78. The quantitative estimate of drug-likeness (QED) is 0.848. The number of carbonyl (C=O) groups excluding carboxylic acids is 1. The molecule has 0 aromatic heterocycles. The van der Waals surface area contributed by atoms with E-state index in [-0.39, 0.29) is 22.7 Å². The lowest BCUT2D eigenvalue weighted by atomic mass is 9.93. The summed E-state index contributed by atoms with van der Waals surface area (Å²) in [5.41, 5.74) is -0.0167. The summed E-state index contributed by atoms with van der Waals surface area (Å²) in [4.78, 5) is 13.8. The Bertz CT molecular complexity index is 481. The van der Waals surface area contributed by atoms with Gasteiger partial charge in [-0.1, -0.05) is 12.8 Å². The number of rotatable bonds is 2. The van der Waals surface area contributed by atoms with Gasteiger partial charge in [-0.3, -0.25) is 4.79 Å². The van der Waals surface area contributed by atoms with E-state index in [1.165, 1.54) is 11.0 Å². The van der Waals surface area contributed by atoms with E-state index in [0.29, 0.717) is 0 Å². The number of hydrogen-bond donors (Lipinski definition) is 1. The van der Waals surface area contributed by atoms with Crippen molar-refractivity contribution in [3.8, 4) is 5.75 Å². The van der Waals surface area contributed by atoms with Crippen molar-refractivity contribution in [2.45, 2.75) is 37.1 Å². The van der Waals surface area contributed by atoms with Crippen LogP contribution in [0.3, 0.4) is 0 Å². The van der Waals surface area contributed by atoms with Crippen LogP contribution < -0.4 is 0 Å². The molecule has 1 aliphatic carbocycles. The Morgan fingerprint density at radius 2 is 2.11 bits per heavy atom. The average Bonchev–Trinajstić information content (AvgIpc) is 2.40. The van der Waals surface area contributed by atoms with Crippen LogP contribution in [-0.2, 0) is 0 Å². The van der Waals surface area contributed by atoms with E-state index in [1.54, 1.807) is 7.05 Å². The molecule has 2 unspecified atom stereocenters. The molecular formula is C14H17ClFNO2. The number of carbonyl (C=O) groups is 1. The van der Waals surface area contributed by atoms with Crippen LogP contribution in [0.15, 0.2) is 18.2 Å². The predicted molar refractivity (Wildman–Crippen MR) is 72.1 cm³/mol. The number of aromatic hydroxyl groups is 1. The third-order valence-corrected chi connectivity index (χ3v) is 4.16. The van der Waals surface area contributed by atoms with Gasteiger partial charge in [-0.05, 0) is 31.0 Å². The molecule has 0 aliphatic heterocycles. The fraction of sp³-hybridized carbons (Fsp3) is 0.500. The van der Waals surface area contributed by atoms with Gasteiger partial charge < -0.3 is 10.0 Å². The van der Waals surface area contributed by atoms with Crippen molar-refractivity contribution in [2.75, 3.05) is 7.05 Å². The maximum absolute atomic E-state index is 13.2. The van der Waals surface area contributed by atoms with E-state index in [1.807, 2.05) is 0 Å². The van der Waals surface area contributed by atoms with Crippen molar-refractivity contribution in [3.63, 3.8) is 0 Å². The Labute approximate surface area is 117 Å². The van der Waals surface area contributed by atoms with Gasteiger partial charge in [0.25, 0.3) is 5.91 Å². The van der Waals surface area contributed by atoms with E-state index in [0.717, 1.165) is 37.8 Å². The third-order valence-electron chi connectivity index (χ3n) is 3.65. The topological polar surface area (TPSA) is 40.5 Å². The molecule has 2 atom stereocenters. The highest BCUT2D eigenvalue weighted by molar-refractivity contribution is 6.21. The molecule has 0 saturated heterocycles. The van der Waals surface area contributed by atoms with E-state index in [4.69, 9.17) is 11.6 Å². The largest absolute Gasteiger partial charge is 0.507 e. The first kappa shape index (κ1) is 14.1. The molecular weight excluding hydrogens is 269 g/mol.